The lowest BCUT2D eigenvalue weighted by Gasteiger charge is -2.35. The van der Waals surface area contributed by atoms with Crippen LogP contribution in [0, 0.1) is 0 Å². The first kappa shape index (κ1) is 12.6. The number of hydrogen-bond donors (Lipinski definition) is 0. The van der Waals surface area contributed by atoms with Gasteiger partial charge in [-0.2, -0.15) is 0 Å². The third kappa shape index (κ3) is 1.90. The Bertz CT molecular complexity index is 364. The van der Waals surface area contributed by atoms with E-state index < -0.39 is 17.9 Å². The van der Waals surface area contributed by atoms with Crippen LogP contribution in [0.5, 0.6) is 0 Å². The van der Waals surface area contributed by atoms with Crippen molar-refractivity contribution in [1.29, 1.82) is 0 Å². The van der Waals surface area contributed by atoms with Gasteiger partial charge in [-0.25, -0.2) is 0 Å². The van der Waals surface area contributed by atoms with E-state index in [0.29, 0.717) is 0 Å². The van der Waals surface area contributed by atoms with Gasteiger partial charge in [-0.3, -0.25) is 0 Å². The van der Waals surface area contributed by atoms with Gasteiger partial charge in [0.25, 0.3) is 0 Å². The quantitative estimate of drug-likeness (QED) is 0.666. The van der Waals surface area contributed by atoms with E-state index in [1.54, 1.807) is 6.08 Å². The Hall–Kier alpha value is -0.460. The molecule has 0 bridgehead atoms. The van der Waals surface area contributed by atoms with Crippen LogP contribution in [-0.4, -0.2) is 42.3 Å². The molecule has 18 heavy (non-hydrogen) atoms. The van der Waals surface area contributed by atoms with Gasteiger partial charge in [-0.15, -0.1) is 6.58 Å². The zero-order chi connectivity index (χ0) is 13.1. The largest absolute Gasteiger partial charge is 0.342 e. The fraction of sp³-hybridized carbons (Fsp3) is 0.846. The van der Waals surface area contributed by atoms with Gasteiger partial charge in [0.2, 0.25) is 0 Å². The first-order valence-corrected chi connectivity index (χ1v) is 6.31. The lowest BCUT2D eigenvalue weighted by molar-refractivity contribution is -0.222. The molecule has 3 aliphatic heterocycles. The second-order valence-corrected chi connectivity index (χ2v) is 5.87. The van der Waals surface area contributed by atoms with Crippen molar-refractivity contribution in [3.05, 3.63) is 12.7 Å². The van der Waals surface area contributed by atoms with Gasteiger partial charge in [0.15, 0.2) is 17.9 Å². The van der Waals surface area contributed by atoms with Gasteiger partial charge in [-0.05, 0) is 27.7 Å². The van der Waals surface area contributed by atoms with Crippen molar-refractivity contribution >= 4 is 0 Å². The average Bonchev–Trinajstić information content (AvgIpc) is 2.71. The van der Waals surface area contributed by atoms with E-state index in [4.69, 9.17) is 23.7 Å². The summed E-state index contributed by atoms with van der Waals surface area (Å²) in [6, 6.07) is 0. The maximum Gasteiger partial charge on any atom is 0.190 e. The normalized spacial score (nSPS) is 48.6. The summed E-state index contributed by atoms with van der Waals surface area (Å²) in [7, 11) is 0. The maximum atomic E-state index is 5.94. The van der Waals surface area contributed by atoms with Gasteiger partial charge in [0, 0.05) is 0 Å². The standard InChI is InChI=1S/C13H20O5/c1-6-7-8-9(16-12(2,3)15-8)10-11(14-7)18-13(4,5)17-10/h6-11H,1H2,2-5H3/t7-,8-,9-,10+,11+/m0/s1. The Morgan fingerprint density at radius 2 is 1.39 bits per heavy atom. The Morgan fingerprint density at radius 1 is 0.833 bits per heavy atom. The highest BCUT2D eigenvalue weighted by molar-refractivity contribution is 5.04. The summed E-state index contributed by atoms with van der Waals surface area (Å²) in [5, 5.41) is 0. The van der Waals surface area contributed by atoms with Crippen molar-refractivity contribution in [2.45, 2.75) is 70.0 Å². The van der Waals surface area contributed by atoms with Crippen molar-refractivity contribution < 1.29 is 23.7 Å². The number of hydrogen-bond acceptors (Lipinski definition) is 5. The molecule has 0 spiro atoms. The molecular formula is C13H20O5. The summed E-state index contributed by atoms with van der Waals surface area (Å²) in [6.45, 7) is 11.3. The molecule has 5 atom stereocenters. The van der Waals surface area contributed by atoms with E-state index in [1.807, 2.05) is 27.7 Å². The molecule has 3 heterocycles. The summed E-state index contributed by atoms with van der Waals surface area (Å²) < 4.78 is 29.2. The molecule has 0 aromatic carbocycles. The maximum absolute atomic E-state index is 5.94. The highest BCUT2D eigenvalue weighted by Crippen LogP contribution is 2.44. The third-order valence-corrected chi connectivity index (χ3v) is 3.42. The van der Waals surface area contributed by atoms with Crippen molar-refractivity contribution in [1.82, 2.24) is 0 Å². The van der Waals surface area contributed by atoms with Crippen LogP contribution in [0.15, 0.2) is 12.7 Å². The number of ether oxygens (including phenoxy) is 5. The van der Waals surface area contributed by atoms with Crippen molar-refractivity contribution in [2.75, 3.05) is 0 Å². The predicted molar refractivity (Wildman–Crippen MR) is 62.7 cm³/mol. The molecule has 3 fully saturated rings. The average molecular weight is 256 g/mol. The lowest BCUT2D eigenvalue weighted by Crippen LogP contribution is -2.54. The summed E-state index contributed by atoms with van der Waals surface area (Å²) in [4.78, 5) is 0. The minimum absolute atomic E-state index is 0.191. The first-order valence-electron chi connectivity index (χ1n) is 6.31. The van der Waals surface area contributed by atoms with E-state index in [9.17, 15) is 0 Å². The van der Waals surface area contributed by atoms with Crippen molar-refractivity contribution in [2.24, 2.45) is 0 Å². The van der Waals surface area contributed by atoms with Crippen LogP contribution >= 0.6 is 0 Å². The van der Waals surface area contributed by atoms with Gasteiger partial charge < -0.3 is 23.7 Å². The zero-order valence-electron chi connectivity index (χ0n) is 11.2. The second kappa shape index (κ2) is 3.77. The van der Waals surface area contributed by atoms with E-state index in [0.717, 1.165) is 0 Å². The first-order chi connectivity index (χ1) is 8.31. The molecule has 0 radical (unpaired) electrons. The van der Waals surface area contributed by atoms with Crippen LogP contribution in [0.1, 0.15) is 27.7 Å². The topological polar surface area (TPSA) is 46.2 Å². The Labute approximate surface area is 107 Å². The van der Waals surface area contributed by atoms with Gasteiger partial charge in [0.05, 0.1) is 0 Å². The van der Waals surface area contributed by atoms with Crippen LogP contribution in [-0.2, 0) is 23.7 Å². The van der Waals surface area contributed by atoms with Crippen molar-refractivity contribution in [3.63, 3.8) is 0 Å². The Kier molecular flexibility index (Phi) is 2.63. The minimum Gasteiger partial charge on any atom is -0.342 e. The molecule has 0 aromatic rings. The summed E-state index contributed by atoms with van der Waals surface area (Å²) in [6.07, 6.45) is 0.410. The number of rotatable bonds is 1. The smallest absolute Gasteiger partial charge is 0.190 e. The number of fused-ring (bicyclic) bond motifs is 3. The molecular weight excluding hydrogens is 236 g/mol. The molecule has 0 N–H and O–H groups in total. The molecule has 3 aliphatic rings. The molecule has 102 valence electrons. The van der Waals surface area contributed by atoms with Crippen molar-refractivity contribution in [3.8, 4) is 0 Å². The Balaban J connectivity index is 1.89. The predicted octanol–water partition coefficient (Wildman–Crippen LogP) is 1.57. The van der Waals surface area contributed by atoms with Gasteiger partial charge in [-0.1, -0.05) is 6.08 Å². The van der Waals surface area contributed by atoms with E-state index in [1.165, 1.54) is 0 Å². The molecule has 0 unspecified atom stereocenters. The fourth-order valence-corrected chi connectivity index (χ4v) is 2.83. The molecule has 0 aromatic heterocycles. The highest BCUT2D eigenvalue weighted by Gasteiger charge is 2.60. The Morgan fingerprint density at radius 3 is 2.06 bits per heavy atom. The van der Waals surface area contributed by atoms with Crippen LogP contribution < -0.4 is 0 Å². The van der Waals surface area contributed by atoms with E-state index in [-0.39, 0.29) is 24.4 Å². The van der Waals surface area contributed by atoms with Crippen LogP contribution in [0.3, 0.4) is 0 Å². The van der Waals surface area contributed by atoms with E-state index >= 15 is 0 Å². The molecule has 3 rings (SSSR count). The molecule has 5 nitrogen and oxygen atoms in total. The lowest BCUT2D eigenvalue weighted by atomic mass is 9.99. The molecule has 0 saturated carbocycles. The van der Waals surface area contributed by atoms with Crippen LogP contribution in [0.2, 0.25) is 0 Å². The zero-order valence-corrected chi connectivity index (χ0v) is 11.2. The van der Waals surface area contributed by atoms with Crippen LogP contribution in [0.4, 0.5) is 0 Å². The summed E-state index contributed by atoms with van der Waals surface area (Å²) in [5.41, 5.74) is 0. The SMILES string of the molecule is C=C[C@@H]1O[C@@H]2OC(C)(C)O[C@@H]2[C@H]2OC(C)(C)O[C@H]21. The van der Waals surface area contributed by atoms with Gasteiger partial charge in [0.1, 0.15) is 24.4 Å². The van der Waals surface area contributed by atoms with E-state index in [2.05, 4.69) is 6.58 Å². The molecule has 0 aliphatic carbocycles. The van der Waals surface area contributed by atoms with Gasteiger partial charge >= 0.3 is 0 Å². The minimum atomic E-state index is -0.661. The van der Waals surface area contributed by atoms with Crippen LogP contribution in [0.25, 0.3) is 0 Å². The fourth-order valence-electron chi connectivity index (χ4n) is 2.83. The third-order valence-electron chi connectivity index (χ3n) is 3.42. The molecule has 0 amide bonds. The highest BCUT2D eigenvalue weighted by atomic mass is 16.9. The summed E-state index contributed by atoms with van der Waals surface area (Å²) >= 11 is 0. The molecule has 5 heteroatoms. The monoisotopic (exact) mass is 256 g/mol. The molecule has 3 saturated heterocycles. The second-order valence-electron chi connectivity index (χ2n) is 5.87. The summed E-state index contributed by atoms with van der Waals surface area (Å²) in [5.74, 6) is -1.29.